The van der Waals surface area contributed by atoms with Gasteiger partial charge in [0, 0.05) is 23.5 Å². The summed E-state index contributed by atoms with van der Waals surface area (Å²) < 4.78 is 10.4. The monoisotopic (exact) mass is 311 g/mol. The highest BCUT2D eigenvalue weighted by Crippen LogP contribution is 2.29. The first kappa shape index (κ1) is 14.0. The van der Waals surface area contributed by atoms with Crippen molar-refractivity contribution in [3.63, 3.8) is 0 Å². The molecule has 1 aliphatic rings. The second-order valence-corrected chi connectivity index (χ2v) is 5.84. The minimum absolute atomic E-state index is 0.0110. The van der Waals surface area contributed by atoms with Crippen LogP contribution >= 0.6 is 0 Å². The average Bonchev–Trinajstić information content (AvgIpc) is 3.15. The van der Waals surface area contributed by atoms with Crippen LogP contribution < -0.4 is 0 Å². The summed E-state index contributed by atoms with van der Waals surface area (Å²) in [6, 6.07) is 5.64. The molecule has 2 aromatic heterocycles. The lowest BCUT2D eigenvalue weighted by Crippen LogP contribution is -2.05. The third-order valence-electron chi connectivity index (χ3n) is 4.23. The zero-order valence-corrected chi connectivity index (χ0v) is 12.9. The molecule has 6 heteroatoms. The lowest BCUT2D eigenvalue weighted by atomic mass is 9.95. The van der Waals surface area contributed by atoms with Crippen LogP contribution in [-0.4, -0.2) is 21.2 Å². The Kier molecular flexibility index (Phi) is 3.37. The largest absolute Gasteiger partial charge is 0.452 e. The van der Waals surface area contributed by atoms with Gasteiger partial charge in [-0.15, -0.1) is 10.2 Å². The number of hydrogen-bond acceptors (Lipinski definition) is 5. The van der Waals surface area contributed by atoms with Crippen LogP contribution in [0.15, 0.2) is 22.6 Å². The Morgan fingerprint density at radius 3 is 3.00 bits per heavy atom. The quantitative estimate of drug-likeness (QED) is 0.752. The Hall–Kier alpha value is -2.63. The normalized spacial score (nSPS) is 14.0. The van der Waals surface area contributed by atoms with E-state index in [1.54, 1.807) is 13.0 Å². The molecule has 3 aromatic rings. The Morgan fingerprint density at radius 1 is 1.30 bits per heavy atom. The van der Waals surface area contributed by atoms with E-state index < -0.39 is 0 Å². The molecular formula is C17H17N3O3. The molecule has 0 saturated carbocycles. The SMILES string of the molecule is Cc1nnc(COC(=O)c2ccc3[nH]c4c(c3c2)CCCC4)o1. The van der Waals surface area contributed by atoms with Gasteiger partial charge in [-0.1, -0.05) is 0 Å². The summed E-state index contributed by atoms with van der Waals surface area (Å²) >= 11 is 0. The Balaban J connectivity index is 1.57. The van der Waals surface area contributed by atoms with Gasteiger partial charge in [-0.05, 0) is 49.4 Å². The average molecular weight is 311 g/mol. The summed E-state index contributed by atoms with van der Waals surface area (Å²) in [7, 11) is 0. The summed E-state index contributed by atoms with van der Waals surface area (Å²) in [6.07, 6.45) is 4.57. The number of carbonyl (C=O) groups excluding carboxylic acids is 1. The van der Waals surface area contributed by atoms with E-state index in [2.05, 4.69) is 15.2 Å². The van der Waals surface area contributed by atoms with Crippen molar-refractivity contribution in [2.75, 3.05) is 0 Å². The van der Waals surface area contributed by atoms with Crippen LogP contribution in [0.4, 0.5) is 0 Å². The van der Waals surface area contributed by atoms with Crippen molar-refractivity contribution in [3.05, 3.63) is 46.8 Å². The molecule has 1 aliphatic carbocycles. The third-order valence-corrected chi connectivity index (χ3v) is 4.23. The van der Waals surface area contributed by atoms with Gasteiger partial charge in [-0.2, -0.15) is 0 Å². The number of H-pyrrole nitrogens is 1. The number of aromatic amines is 1. The van der Waals surface area contributed by atoms with E-state index in [1.165, 1.54) is 24.1 Å². The maximum atomic E-state index is 12.2. The van der Waals surface area contributed by atoms with Crippen LogP contribution in [0.2, 0.25) is 0 Å². The molecule has 1 aromatic carbocycles. The topological polar surface area (TPSA) is 81.0 Å². The summed E-state index contributed by atoms with van der Waals surface area (Å²) in [6.45, 7) is 1.68. The highest BCUT2D eigenvalue weighted by Gasteiger charge is 2.17. The van der Waals surface area contributed by atoms with E-state index in [4.69, 9.17) is 9.15 Å². The van der Waals surface area contributed by atoms with Crippen molar-refractivity contribution < 1.29 is 13.9 Å². The number of nitrogens with one attached hydrogen (secondary N) is 1. The fourth-order valence-corrected chi connectivity index (χ4v) is 3.14. The number of esters is 1. The zero-order chi connectivity index (χ0) is 15.8. The highest BCUT2D eigenvalue weighted by molar-refractivity contribution is 5.96. The Morgan fingerprint density at radius 2 is 2.17 bits per heavy atom. The summed E-state index contributed by atoms with van der Waals surface area (Å²) in [5.74, 6) is 0.376. The number of fused-ring (bicyclic) bond motifs is 3. The molecule has 0 bridgehead atoms. The number of nitrogens with zero attached hydrogens (tertiary/aromatic N) is 2. The first-order valence-electron chi connectivity index (χ1n) is 7.80. The van der Waals surface area contributed by atoms with Crippen molar-refractivity contribution in [3.8, 4) is 0 Å². The Bertz CT molecular complexity index is 878. The molecular weight excluding hydrogens is 294 g/mol. The fraction of sp³-hybridized carbons (Fsp3) is 0.353. The second-order valence-electron chi connectivity index (χ2n) is 5.84. The predicted molar refractivity (Wildman–Crippen MR) is 83.1 cm³/mol. The van der Waals surface area contributed by atoms with Gasteiger partial charge in [-0.3, -0.25) is 0 Å². The van der Waals surface area contributed by atoms with Gasteiger partial charge in [-0.25, -0.2) is 4.79 Å². The maximum Gasteiger partial charge on any atom is 0.338 e. The molecule has 0 unspecified atom stereocenters. The van der Waals surface area contributed by atoms with Crippen LogP contribution in [0.3, 0.4) is 0 Å². The minimum atomic E-state index is -0.381. The minimum Gasteiger partial charge on any atom is -0.452 e. The van der Waals surface area contributed by atoms with Crippen LogP contribution in [0.5, 0.6) is 0 Å². The highest BCUT2D eigenvalue weighted by atomic mass is 16.5. The molecule has 23 heavy (non-hydrogen) atoms. The van der Waals surface area contributed by atoms with E-state index in [-0.39, 0.29) is 12.6 Å². The van der Waals surface area contributed by atoms with Gasteiger partial charge < -0.3 is 14.1 Å². The van der Waals surface area contributed by atoms with E-state index in [9.17, 15) is 4.79 Å². The van der Waals surface area contributed by atoms with Gasteiger partial charge >= 0.3 is 5.97 Å². The van der Waals surface area contributed by atoms with Crippen molar-refractivity contribution in [1.82, 2.24) is 15.2 Å². The first-order chi connectivity index (χ1) is 11.2. The number of rotatable bonds is 3. The van der Waals surface area contributed by atoms with E-state index in [1.807, 2.05) is 12.1 Å². The van der Waals surface area contributed by atoms with E-state index >= 15 is 0 Å². The summed E-state index contributed by atoms with van der Waals surface area (Å²) in [4.78, 5) is 15.7. The van der Waals surface area contributed by atoms with Crippen molar-refractivity contribution >= 4 is 16.9 Å². The predicted octanol–water partition coefficient (Wildman–Crippen LogP) is 3.10. The molecule has 1 N–H and O–H groups in total. The lowest BCUT2D eigenvalue weighted by Gasteiger charge is -2.10. The number of hydrogen-bond donors (Lipinski definition) is 1. The number of carbonyl (C=O) groups is 1. The van der Waals surface area contributed by atoms with Gasteiger partial charge in [0.2, 0.25) is 5.89 Å². The van der Waals surface area contributed by atoms with Gasteiger partial charge in [0.1, 0.15) is 0 Å². The van der Waals surface area contributed by atoms with E-state index in [0.717, 1.165) is 23.7 Å². The van der Waals surface area contributed by atoms with Crippen molar-refractivity contribution in [2.45, 2.75) is 39.2 Å². The lowest BCUT2D eigenvalue weighted by molar-refractivity contribution is 0.0437. The summed E-state index contributed by atoms with van der Waals surface area (Å²) in [5.41, 5.74) is 4.27. The van der Waals surface area contributed by atoms with Crippen molar-refractivity contribution in [1.29, 1.82) is 0 Å². The third kappa shape index (κ3) is 2.60. The first-order valence-corrected chi connectivity index (χ1v) is 7.80. The van der Waals surface area contributed by atoms with Crippen LogP contribution in [0.25, 0.3) is 10.9 Å². The van der Waals surface area contributed by atoms with Gasteiger partial charge in [0.15, 0.2) is 6.61 Å². The molecule has 0 saturated heterocycles. The summed E-state index contributed by atoms with van der Waals surface area (Å²) in [5, 5.41) is 8.65. The molecule has 118 valence electrons. The number of aryl methyl sites for hydroxylation is 3. The number of benzene rings is 1. The molecule has 0 amide bonds. The Labute approximate surface area is 132 Å². The molecule has 2 heterocycles. The zero-order valence-electron chi connectivity index (χ0n) is 12.9. The fourth-order valence-electron chi connectivity index (χ4n) is 3.14. The standard InChI is InChI=1S/C17H17N3O3/c1-10-19-20-16(23-10)9-22-17(21)11-6-7-15-13(8-11)12-4-2-3-5-14(12)18-15/h6-8,18H,2-5,9H2,1H3. The van der Waals surface area contributed by atoms with Crippen LogP contribution in [0, 0.1) is 6.92 Å². The van der Waals surface area contributed by atoms with Crippen LogP contribution in [-0.2, 0) is 24.2 Å². The van der Waals surface area contributed by atoms with Crippen LogP contribution in [0.1, 0.15) is 46.2 Å². The smallest absolute Gasteiger partial charge is 0.338 e. The van der Waals surface area contributed by atoms with Gasteiger partial charge in [0.25, 0.3) is 5.89 Å². The number of ether oxygens (including phenoxy) is 1. The molecule has 0 aliphatic heterocycles. The molecule has 0 atom stereocenters. The second kappa shape index (κ2) is 5.53. The maximum absolute atomic E-state index is 12.2. The molecule has 4 rings (SSSR count). The molecule has 0 radical (unpaired) electrons. The van der Waals surface area contributed by atoms with E-state index in [0.29, 0.717) is 17.3 Å². The van der Waals surface area contributed by atoms with Crippen molar-refractivity contribution in [2.24, 2.45) is 0 Å². The number of aromatic nitrogens is 3. The molecule has 0 fully saturated rings. The van der Waals surface area contributed by atoms with Gasteiger partial charge in [0.05, 0.1) is 5.56 Å². The molecule has 6 nitrogen and oxygen atoms in total. The molecule has 0 spiro atoms.